The SMILES string of the molecule is CC(C)(O)c1cncc(-c2ccc(C(=O)N[C@@H]3CCS(=O)(=O)C3)cc2)c1. The van der Waals surface area contributed by atoms with E-state index in [1.807, 2.05) is 18.2 Å². The topological polar surface area (TPSA) is 96.4 Å². The first kappa shape index (κ1) is 18.5. The third kappa shape index (κ3) is 4.28. The quantitative estimate of drug-likeness (QED) is 0.852. The second-order valence-corrected chi connectivity index (χ2v) is 9.40. The largest absolute Gasteiger partial charge is 0.386 e. The van der Waals surface area contributed by atoms with Gasteiger partial charge >= 0.3 is 0 Å². The van der Waals surface area contributed by atoms with Crippen molar-refractivity contribution in [2.75, 3.05) is 11.5 Å². The first-order valence-corrected chi connectivity index (χ1v) is 10.3. The van der Waals surface area contributed by atoms with Gasteiger partial charge in [-0.25, -0.2) is 8.42 Å². The van der Waals surface area contributed by atoms with E-state index in [2.05, 4.69) is 10.3 Å². The number of aliphatic hydroxyl groups is 1. The summed E-state index contributed by atoms with van der Waals surface area (Å²) in [4.78, 5) is 16.5. The van der Waals surface area contributed by atoms with Crippen LogP contribution in [0.1, 0.15) is 36.2 Å². The Balaban J connectivity index is 1.73. The summed E-state index contributed by atoms with van der Waals surface area (Å²) in [6.07, 6.45) is 3.79. The van der Waals surface area contributed by atoms with Crippen molar-refractivity contribution in [3.8, 4) is 11.1 Å². The highest BCUT2D eigenvalue weighted by Crippen LogP contribution is 2.25. The van der Waals surface area contributed by atoms with E-state index < -0.39 is 15.4 Å². The summed E-state index contributed by atoms with van der Waals surface area (Å²) >= 11 is 0. The highest BCUT2D eigenvalue weighted by molar-refractivity contribution is 7.91. The molecule has 0 unspecified atom stereocenters. The minimum absolute atomic E-state index is 0.00618. The molecule has 1 amide bonds. The highest BCUT2D eigenvalue weighted by Gasteiger charge is 2.29. The van der Waals surface area contributed by atoms with Gasteiger partial charge in [-0.2, -0.15) is 0 Å². The molecule has 1 fully saturated rings. The first-order valence-electron chi connectivity index (χ1n) is 8.44. The second kappa shape index (κ2) is 6.81. The number of pyridine rings is 1. The van der Waals surface area contributed by atoms with Crippen LogP contribution in [0.4, 0.5) is 0 Å². The third-order valence-corrected chi connectivity index (χ3v) is 6.26. The number of aromatic nitrogens is 1. The van der Waals surface area contributed by atoms with E-state index in [-0.39, 0.29) is 23.5 Å². The van der Waals surface area contributed by atoms with E-state index in [0.29, 0.717) is 17.5 Å². The fourth-order valence-electron chi connectivity index (χ4n) is 2.92. The van der Waals surface area contributed by atoms with Gasteiger partial charge in [-0.1, -0.05) is 12.1 Å². The zero-order valence-corrected chi connectivity index (χ0v) is 15.6. The summed E-state index contributed by atoms with van der Waals surface area (Å²) in [6.45, 7) is 3.40. The fourth-order valence-corrected chi connectivity index (χ4v) is 4.60. The minimum Gasteiger partial charge on any atom is -0.386 e. The van der Waals surface area contributed by atoms with E-state index in [9.17, 15) is 18.3 Å². The van der Waals surface area contributed by atoms with Crippen molar-refractivity contribution < 1.29 is 18.3 Å². The lowest BCUT2D eigenvalue weighted by molar-refractivity contribution is 0.0782. The van der Waals surface area contributed by atoms with Gasteiger partial charge in [-0.3, -0.25) is 9.78 Å². The van der Waals surface area contributed by atoms with Crippen LogP contribution in [0, 0.1) is 0 Å². The van der Waals surface area contributed by atoms with Crippen molar-refractivity contribution in [3.63, 3.8) is 0 Å². The molecule has 7 heteroatoms. The lowest BCUT2D eigenvalue weighted by Crippen LogP contribution is -2.35. The summed E-state index contributed by atoms with van der Waals surface area (Å²) in [5.41, 5.74) is 1.93. The molecular weight excluding hydrogens is 352 g/mol. The van der Waals surface area contributed by atoms with Gasteiger partial charge in [0.05, 0.1) is 17.1 Å². The molecule has 0 bridgehead atoms. The molecule has 2 aromatic rings. The fraction of sp³-hybridized carbons (Fsp3) is 0.368. The normalized spacial score (nSPS) is 19.3. The number of hydrogen-bond donors (Lipinski definition) is 2. The number of nitrogens with one attached hydrogen (secondary N) is 1. The van der Waals surface area contributed by atoms with Gasteiger partial charge < -0.3 is 10.4 Å². The van der Waals surface area contributed by atoms with E-state index in [1.54, 1.807) is 38.4 Å². The average Bonchev–Trinajstić information content (AvgIpc) is 2.93. The Morgan fingerprint density at radius 2 is 1.88 bits per heavy atom. The van der Waals surface area contributed by atoms with Crippen molar-refractivity contribution >= 4 is 15.7 Å². The molecule has 1 aliphatic rings. The Bertz CT molecular complexity index is 915. The zero-order valence-electron chi connectivity index (χ0n) is 14.8. The molecule has 0 aliphatic carbocycles. The molecule has 1 saturated heterocycles. The molecule has 3 rings (SSSR count). The predicted octanol–water partition coefficient (Wildman–Crippen LogP) is 1.89. The summed E-state index contributed by atoms with van der Waals surface area (Å²) in [5.74, 6) is -0.143. The number of carbonyl (C=O) groups excluding carboxylic acids is 1. The van der Waals surface area contributed by atoms with Crippen LogP contribution in [0.3, 0.4) is 0 Å². The van der Waals surface area contributed by atoms with Gasteiger partial charge in [0.1, 0.15) is 0 Å². The average molecular weight is 374 g/mol. The van der Waals surface area contributed by atoms with Crippen LogP contribution in [0.5, 0.6) is 0 Å². The van der Waals surface area contributed by atoms with Crippen LogP contribution < -0.4 is 5.32 Å². The standard InChI is InChI=1S/C19H22N2O4S/c1-19(2,23)16-9-15(10-20-11-16)13-3-5-14(6-4-13)18(22)21-17-7-8-26(24,25)12-17/h3-6,9-11,17,23H,7-8,12H2,1-2H3,(H,21,22)/t17-/m1/s1. The maximum Gasteiger partial charge on any atom is 0.251 e. The molecule has 2 N–H and O–H groups in total. The molecule has 0 spiro atoms. The number of nitrogens with zero attached hydrogens (tertiary/aromatic N) is 1. The van der Waals surface area contributed by atoms with Gasteiger partial charge in [-0.15, -0.1) is 0 Å². The maximum absolute atomic E-state index is 12.3. The van der Waals surface area contributed by atoms with Crippen LogP contribution in [-0.4, -0.2) is 42.0 Å². The van der Waals surface area contributed by atoms with E-state index >= 15 is 0 Å². The van der Waals surface area contributed by atoms with Gasteiger partial charge in [0.25, 0.3) is 5.91 Å². The molecule has 1 atom stereocenters. The number of rotatable bonds is 4. The molecule has 1 aromatic carbocycles. The van der Waals surface area contributed by atoms with E-state index in [0.717, 1.165) is 11.1 Å². The molecule has 1 aliphatic heterocycles. The predicted molar refractivity (Wildman–Crippen MR) is 99.4 cm³/mol. The Kier molecular flexibility index (Phi) is 4.86. The second-order valence-electron chi connectivity index (χ2n) is 7.17. The molecular formula is C19H22N2O4S. The van der Waals surface area contributed by atoms with Gasteiger partial charge in [0.15, 0.2) is 9.84 Å². The minimum atomic E-state index is -3.02. The highest BCUT2D eigenvalue weighted by atomic mass is 32.2. The van der Waals surface area contributed by atoms with Crippen LogP contribution >= 0.6 is 0 Å². The van der Waals surface area contributed by atoms with Crippen molar-refractivity contribution in [1.29, 1.82) is 0 Å². The monoisotopic (exact) mass is 374 g/mol. The first-order chi connectivity index (χ1) is 12.1. The Hall–Kier alpha value is -2.25. The summed E-state index contributed by atoms with van der Waals surface area (Å²) < 4.78 is 23.0. The van der Waals surface area contributed by atoms with Crippen molar-refractivity contribution in [2.24, 2.45) is 0 Å². The molecule has 0 saturated carbocycles. The number of sulfone groups is 1. The lowest BCUT2D eigenvalue weighted by Gasteiger charge is -2.18. The van der Waals surface area contributed by atoms with Gasteiger partial charge in [0, 0.05) is 35.1 Å². The van der Waals surface area contributed by atoms with Gasteiger partial charge in [0.2, 0.25) is 0 Å². The van der Waals surface area contributed by atoms with Crippen LogP contribution in [0.25, 0.3) is 11.1 Å². The van der Waals surface area contributed by atoms with Crippen molar-refractivity contribution in [2.45, 2.75) is 31.9 Å². The lowest BCUT2D eigenvalue weighted by atomic mass is 9.96. The molecule has 6 nitrogen and oxygen atoms in total. The number of hydrogen-bond acceptors (Lipinski definition) is 5. The smallest absolute Gasteiger partial charge is 0.251 e. The van der Waals surface area contributed by atoms with E-state index in [1.165, 1.54) is 0 Å². The summed E-state index contributed by atoms with van der Waals surface area (Å²) in [5, 5.41) is 12.9. The van der Waals surface area contributed by atoms with Crippen molar-refractivity contribution in [1.82, 2.24) is 10.3 Å². The summed E-state index contributed by atoms with van der Waals surface area (Å²) in [7, 11) is -3.02. The molecule has 0 radical (unpaired) electrons. The van der Waals surface area contributed by atoms with Crippen LogP contribution in [-0.2, 0) is 15.4 Å². The Morgan fingerprint density at radius 3 is 2.46 bits per heavy atom. The molecule has 2 heterocycles. The maximum atomic E-state index is 12.3. The summed E-state index contributed by atoms with van der Waals surface area (Å²) in [6, 6.07) is 8.57. The molecule has 1 aromatic heterocycles. The molecule has 26 heavy (non-hydrogen) atoms. The van der Waals surface area contributed by atoms with Crippen LogP contribution in [0.15, 0.2) is 42.7 Å². The molecule has 138 valence electrons. The number of carbonyl (C=O) groups is 1. The zero-order chi connectivity index (χ0) is 18.9. The van der Waals surface area contributed by atoms with E-state index in [4.69, 9.17) is 0 Å². The van der Waals surface area contributed by atoms with Crippen molar-refractivity contribution in [3.05, 3.63) is 53.9 Å². The van der Waals surface area contributed by atoms with Crippen LogP contribution in [0.2, 0.25) is 0 Å². The third-order valence-electron chi connectivity index (χ3n) is 4.49. The Labute approximate surface area is 153 Å². The number of benzene rings is 1. The van der Waals surface area contributed by atoms with Gasteiger partial charge in [-0.05, 0) is 44.0 Å². The number of amides is 1. The Morgan fingerprint density at radius 1 is 1.19 bits per heavy atom.